The van der Waals surface area contributed by atoms with Gasteiger partial charge in [-0.1, -0.05) is 0 Å². The minimum atomic E-state index is -4.34. The molecule has 0 aliphatic heterocycles. The number of nitrogens with zero attached hydrogens (tertiary/aromatic N) is 7. The summed E-state index contributed by atoms with van der Waals surface area (Å²) in [5, 5.41) is 13.1. The first kappa shape index (κ1) is 23.4. The molecule has 10 nitrogen and oxygen atoms in total. The molecule has 0 spiro atoms. The van der Waals surface area contributed by atoms with E-state index in [0.717, 1.165) is 4.09 Å². The molecule has 0 saturated heterocycles. The molecule has 5 rings (SSSR count). The maximum atomic E-state index is 12.8. The van der Waals surface area contributed by atoms with E-state index in [2.05, 4.69) is 25.0 Å². The summed E-state index contributed by atoms with van der Waals surface area (Å²) < 4.78 is 65.4. The Morgan fingerprint density at radius 3 is 2.63 bits per heavy atom. The third kappa shape index (κ3) is 4.89. The second-order valence-electron chi connectivity index (χ2n) is 8.26. The van der Waals surface area contributed by atoms with Crippen molar-refractivity contribution in [3.05, 3.63) is 54.1 Å². The molecule has 184 valence electrons. The lowest BCUT2D eigenvalue weighted by Crippen LogP contribution is -2.17. The molecule has 0 bridgehead atoms. The number of halogens is 3. The predicted molar refractivity (Wildman–Crippen MR) is 118 cm³/mol. The summed E-state index contributed by atoms with van der Waals surface area (Å²) in [5.41, 5.74) is 2.37. The van der Waals surface area contributed by atoms with Crippen LogP contribution in [0.5, 0.6) is 0 Å². The second-order valence-corrected chi connectivity index (χ2v) is 10.3. The van der Waals surface area contributed by atoms with Gasteiger partial charge in [0.05, 0.1) is 47.0 Å². The standard InChI is InChI=1S/C21H20F3N7O3S/c22-21(23,24)4-6-30-18-8-15(26-10-17(18)29-19(30)12-32)7-14-3-5-25-20(28-14)13-9-27-31(11-13)35(33,34)16-1-2-16/h3,5,8-11,16,32H,1-2,4,6-7,12H2. The predicted octanol–water partition coefficient (Wildman–Crippen LogP) is 2.46. The number of aromatic nitrogens is 7. The maximum absolute atomic E-state index is 12.8. The highest BCUT2D eigenvalue weighted by Gasteiger charge is 2.37. The summed E-state index contributed by atoms with van der Waals surface area (Å²) in [6.07, 6.45) is 1.84. The minimum Gasteiger partial charge on any atom is -0.388 e. The number of imidazole rings is 1. The van der Waals surface area contributed by atoms with E-state index < -0.39 is 34.5 Å². The lowest BCUT2D eigenvalue weighted by Gasteiger charge is -2.10. The molecule has 35 heavy (non-hydrogen) atoms. The van der Waals surface area contributed by atoms with E-state index >= 15 is 0 Å². The molecule has 0 amide bonds. The molecule has 1 saturated carbocycles. The summed E-state index contributed by atoms with van der Waals surface area (Å²) in [4.78, 5) is 17.2. The molecule has 0 atom stereocenters. The summed E-state index contributed by atoms with van der Waals surface area (Å²) in [5.74, 6) is 0.421. The van der Waals surface area contributed by atoms with Crippen LogP contribution in [0, 0.1) is 0 Å². The van der Waals surface area contributed by atoms with Crippen molar-refractivity contribution in [2.24, 2.45) is 0 Å². The van der Waals surface area contributed by atoms with Gasteiger partial charge in [-0.05, 0) is 25.0 Å². The van der Waals surface area contributed by atoms with Crippen LogP contribution in [0.4, 0.5) is 13.2 Å². The van der Waals surface area contributed by atoms with Crippen molar-refractivity contribution in [2.75, 3.05) is 0 Å². The van der Waals surface area contributed by atoms with Crippen molar-refractivity contribution in [1.82, 2.24) is 33.7 Å². The summed E-state index contributed by atoms with van der Waals surface area (Å²) in [6, 6.07) is 3.29. The Labute approximate surface area is 197 Å². The Kier molecular flexibility index (Phi) is 5.79. The summed E-state index contributed by atoms with van der Waals surface area (Å²) in [6.45, 7) is -0.869. The van der Waals surface area contributed by atoms with Gasteiger partial charge in [-0.3, -0.25) is 4.98 Å². The quantitative estimate of drug-likeness (QED) is 0.385. The van der Waals surface area contributed by atoms with Crippen LogP contribution in [0.1, 0.15) is 36.5 Å². The third-order valence-corrected chi connectivity index (χ3v) is 7.67. The second kappa shape index (κ2) is 8.68. The molecule has 1 N–H and O–H groups in total. The van der Waals surface area contributed by atoms with Gasteiger partial charge in [0.25, 0.3) is 10.0 Å². The van der Waals surface area contributed by atoms with Crippen LogP contribution in [-0.4, -0.2) is 58.6 Å². The third-order valence-electron chi connectivity index (χ3n) is 5.63. The van der Waals surface area contributed by atoms with E-state index in [1.807, 2.05) is 0 Å². The van der Waals surface area contributed by atoms with E-state index in [0.29, 0.717) is 46.7 Å². The van der Waals surface area contributed by atoms with Crippen LogP contribution < -0.4 is 0 Å². The van der Waals surface area contributed by atoms with Crippen LogP contribution in [0.25, 0.3) is 22.4 Å². The van der Waals surface area contributed by atoms with Crippen molar-refractivity contribution in [1.29, 1.82) is 0 Å². The van der Waals surface area contributed by atoms with Crippen LogP contribution in [0.15, 0.2) is 36.9 Å². The Balaban J connectivity index is 1.40. The van der Waals surface area contributed by atoms with Crippen LogP contribution in [0.2, 0.25) is 0 Å². The molecule has 0 unspecified atom stereocenters. The van der Waals surface area contributed by atoms with Gasteiger partial charge in [0.1, 0.15) is 17.9 Å². The van der Waals surface area contributed by atoms with Gasteiger partial charge in [0, 0.05) is 24.9 Å². The van der Waals surface area contributed by atoms with Crippen molar-refractivity contribution >= 4 is 21.1 Å². The first-order valence-electron chi connectivity index (χ1n) is 10.8. The van der Waals surface area contributed by atoms with Gasteiger partial charge in [-0.2, -0.15) is 22.4 Å². The number of rotatable bonds is 8. The number of hydrogen-bond donors (Lipinski definition) is 1. The van der Waals surface area contributed by atoms with Gasteiger partial charge in [0.2, 0.25) is 0 Å². The molecule has 1 aliphatic rings. The van der Waals surface area contributed by atoms with Crippen molar-refractivity contribution in [3.8, 4) is 11.4 Å². The van der Waals surface area contributed by atoms with Gasteiger partial charge in [-0.25, -0.2) is 23.4 Å². The fraction of sp³-hybridized carbons (Fsp3) is 0.381. The van der Waals surface area contributed by atoms with Gasteiger partial charge in [0.15, 0.2) is 5.82 Å². The molecule has 1 aliphatic carbocycles. The van der Waals surface area contributed by atoms with Crippen LogP contribution in [0.3, 0.4) is 0 Å². The number of aryl methyl sites for hydroxylation is 1. The molecule has 4 heterocycles. The fourth-order valence-corrected chi connectivity index (χ4v) is 5.20. The average molecular weight is 507 g/mol. The van der Waals surface area contributed by atoms with E-state index in [4.69, 9.17) is 0 Å². The smallest absolute Gasteiger partial charge is 0.388 e. The van der Waals surface area contributed by atoms with E-state index in [-0.39, 0.29) is 18.8 Å². The summed E-state index contributed by atoms with van der Waals surface area (Å²) >= 11 is 0. The largest absolute Gasteiger partial charge is 0.390 e. The van der Waals surface area contributed by atoms with E-state index in [1.54, 1.807) is 12.1 Å². The molecule has 1 fully saturated rings. The molecule has 14 heteroatoms. The monoisotopic (exact) mass is 507 g/mol. The van der Waals surface area contributed by atoms with Gasteiger partial charge in [-0.15, -0.1) is 0 Å². The van der Waals surface area contributed by atoms with Crippen molar-refractivity contribution in [2.45, 2.75) is 50.3 Å². The highest BCUT2D eigenvalue weighted by atomic mass is 32.2. The zero-order valence-electron chi connectivity index (χ0n) is 18.2. The average Bonchev–Trinajstić information content (AvgIpc) is 3.45. The zero-order chi connectivity index (χ0) is 24.8. The van der Waals surface area contributed by atoms with Crippen molar-refractivity contribution < 1.29 is 26.7 Å². The highest BCUT2D eigenvalue weighted by Crippen LogP contribution is 2.30. The topological polar surface area (TPSA) is 129 Å². The Bertz CT molecular complexity index is 1490. The Morgan fingerprint density at radius 1 is 1.11 bits per heavy atom. The Morgan fingerprint density at radius 2 is 1.91 bits per heavy atom. The number of aliphatic hydroxyl groups is 1. The SMILES string of the molecule is O=S(=O)(C1CC1)n1cc(-c2nccc(Cc3cc4c(cn3)nc(CO)n4CCC(F)(F)F)n2)cn1. The Hall–Kier alpha value is -3.39. The lowest BCUT2D eigenvalue weighted by atomic mass is 10.2. The van der Waals surface area contributed by atoms with Crippen LogP contribution in [-0.2, 0) is 29.6 Å². The zero-order valence-corrected chi connectivity index (χ0v) is 19.0. The number of pyridine rings is 1. The first-order chi connectivity index (χ1) is 16.6. The lowest BCUT2D eigenvalue weighted by molar-refractivity contribution is -0.136. The molecule has 0 aromatic carbocycles. The first-order valence-corrected chi connectivity index (χ1v) is 12.3. The number of hydrogen-bond acceptors (Lipinski definition) is 8. The van der Waals surface area contributed by atoms with E-state index in [1.165, 1.54) is 29.4 Å². The van der Waals surface area contributed by atoms with Crippen molar-refractivity contribution in [3.63, 3.8) is 0 Å². The molecule has 4 aromatic rings. The molecule has 0 radical (unpaired) electrons. The summed E-state index contributed by atoms with van der Waals surface area (Å²) in [7, 11) is -3.51. The molecular formula is C21H20F3N7O3S. The number of fused-ring (bicyclic) bond motifs is 1. The highest BCUT2D eigenvalue weighted by molar-refractivity contribution is 7.90. The molecular weight excluding hydrogens is 487 g/mol. The minimum absolute atomic E-state index is 0.130. The maximum Gasteiger partial charge on any atom is 0.390 e. The molecule has 4 aromatic heterocycles. The van der Waals surface area contributed by atoms with Gasteiger partial charge < -0.3 is 9.67 Å². The van der Waals surface area contributed by atoms with Gasteiger partial charge >= 0.3 is 6.18 Å². The van der Waals surface area contributed by atoms with E-state index in [9.17, 15) is 26.7 Å². The number of aliphatic hydroxyl groups excluding tert-OH is 1. The fourth-order valence-electron chi connectivity index (χ4n) is 3.72. The normalized spacial score (nSPS) is 14.6. The van der Waals surface area contributed by atoms with Crippen LogP contribution >= 0.6 is 0 Å². The number of alkyl halides is 3.